The van der Waals surface area contributed by atoms with Crippen molar-refractivity contribution in [3.63, 3.8) is 0 Å². The third kappa shape index (κ3) is 14.5. The summed E-state index contributed by atoms with van der Waals surface area (Å²) < 4.78 is 34.2. The van der Waals surface area contributed by atoms with E-state index in [0.717, 1.165) is 12.8 Å². The van der Waals surface area contributed by atoms with Gasteiger partial charge in [0.1, 0.15) is 10.1 Å². The van der Waals surface area contributed by atoms with Gasteiger partial charge in [-0.2, -0.15) is 0 Å². The van der Waals surface area contributed by atoms with Crippen LogP contribution in [0.25, 0.3) is 0 Å². The largest absolute Gasteiger partial charge is 2.00 e. The number of hydrogen-bond donors (Lipinski definition) is 0. The van der Waals surface area contributed by atoms with E-state index in [-0.39, 0.29) is 48.6 Å². The topological polar surface area (TPSA) is 57.2 Å². The molecule has 1 aromatic carbocycles. The van der Waals surface area contributed by atoms with Crippen LogP contribution in [0.5, 0.6) is 0 Å². The van der Waals surface area contributed by atoms with Gasteiger partial charge in [-0.15, -0.1) is 0 Å². The fraction of sp³-hybridized carbons (Fsp3) is 0.760. The molecular formula is C25H43CaO3S+. The molecule has 0 heterocycles. The van der Waals surface area contributed by atoms with Crippen LogP contribution in [-0.4, -0.2) is 50.7 Å². The minimum Gasteiger partial charge on any atom is -0.744 e. The molecule has 0 radical (unpaired) electrons. The normalized spacial score (nSPS) is 12.5. The Kier molecular flexibility index (Phi) is 19.2. The minimum atomic E-state index is -4.39. The van der Waals surface area contributed by atoms with Crippen LogP contribution in [0.15, 0.2) is 29.2 Å². The predicted molar refractivity (Wildman–Crippen MR) is 128 cm³/mol. The molecule has 0 saturated carbocycles. The Balaban J connectivity index is 0.00000841. The summed E-state index contributed by atoms with van der Waals surface area (Å²) in [4.78, 5) is -0.0477. The molecule has 5 heteroatoms. The van der Waals surface area contributed by atoms with Crippen molar-refractivity contribution in [3.8, 4) is 0 Å². The van der Waals surface area contributed by atoms with Crippen LogP contribution in [0, 0.1) is 0 Å². The molecule has 1 aromatic rings. The van der Waals surface area contributed by atoms with E-state index >= 15 is 0 Å². The van der Waals surface area contributed by atoms with Crippen molar-refractivity contribution in [3.05, 3.63) is 29.8 Å². The van der Waals surface area contributed by atoms with E-state index in [2.05, 4.69) is 6.92 Å². The van der Waals surface area contributed by atoms with Crippen LogP contribution in [0.1, 0.15) is 128 Å². The summed E-state index contributed by atoms with van der Waals surface area (Å²) in [6, 6.07) is 6.64. The fourth-order valence-corrected chi connectivity index (χ4v) is 4.90. The molecule has 0 bridgehead atoms. The van der Waals surface area contributed by atoms with Crippen LogP contribution in [0.2, 0.25) is 0 Å². The summed E-state index contributed by atoms with van der Waals surface area (Å²) in [6.45, 7) is 4.29. The SMILES string of the molecule is CCCCCCCCCCCCCCCCCC(C)c1ccccc1S(=O)(=O)[O-].[Ca+2]. The molecule has 0 N–H and O–H groups in total. The monoisotopic (exact) mass is 463 g/mol. The third-order valence-electron chi connectivity index (χ3n) is 5.96. The first-order valence-electron chi connectivity index (χ1n) is 12.0. The van der Waals surface area contributed by atoms with Crippen molar-refractivity contribution >= 4 is 47.9 Å². The van der Waals surface area contributed by atoms with E-state index in [0.29, 0.717) is 5.56 Å². The number of hydrogen-bond acceptors (Lipinski definition) is 3. The summed E-state index contributed by atoms with van der Waals surface area (Å²) in [7, 11) is -4.39. The van der Waals surface area contributed by atoms with Crippen molar-refractivity contribution in [1.82, 2.24) is 0 Å². The standard InChI is InChI=1S/C25H44O3S.Ca/c1-3-4-5-6-7-8-9-10-11-12-13-14-15-16-17-20-23(2)24-21-18-19-22-25(24)29(26,27)28;/h18-19,21-23H,3-17,20H2,1-2H3,(H,26,27,28);/q;+2/p-1. The summed E-state index contributed by atoms with van der Waals surface area (Å²) in [5.74, 6) is 0.108. The second-order valence-corrected chi connectivity index (χ2v) is 9.98. The van der Waals surface area contributed by atoms with Gasteiger partial charge in [0.2, 0.25) is 0 Å². The zero-order valence-corrected chi connectivity index (χ0v) is 22.6. The van der Waals surface area contributed by atoms with Gasteiger partial charge >= 0.3 is 37.7 Å². The minimum absolute atomic E-state index is 0. The molecule has 0 spiro atoms. The van der Waals surface area contributed by atoms with Gasteiger partial charge in [0.15, 0.2) is 0 Å². The Hall–Kier alpha value is 0.390. The molecule has 0 aliphatic carbocycles. The van der Waals surface area contributed by atoms with Crippen LogP contribution in [-0.2, 0) is 10.1 Å². The van der Waals surface area contributed by atoms with E-state index in [1.807, 2.05) is 13.0 Å². The first-order chi connectivity index (χ1) is 14.0. The van der Waals surface area contributed by atoms with E-state index in [9.17, 15) is 13.0 Å². The van der Waals surface area contributed by atoms with Crippen LogP contribution < -0.4 is 0 Å². The van der Waals surface area contributed by atoms with Gasteiger partial charge in [-0.25, -0.2) is 8.42 Å². The summed E-state index contributed by atoms with van der Waals surface area (Å²) in [5.41, 5.74) is 0.674. The average Bonchev–Trinajstić information content (AvgIpc) is 2.70. The number of unbranched alkanes of at least 4 members (excludes halogenated alkanes) is 14. The average molecular weight is 464 g/mol. The molecule has 1 rings (SSSR count). The molecule has 30 heavy (non-hydrogen) atoms. The molecule has 0 fully saturated rings. The molecule has 0 amide bonds. The maximum atomic E-state index is 11.4. The second kappa shape index (κ2) is 18.9. The molecule has 1 unspecified atom stereocenters. The summed E-state index contributed by atoms with van der Waals surface area (Å²) in [5, 5.41) is 0. The molecule has 168 valence electrons. The molecule has 1 atom stereocenters. The van der Waals surface area contributed by atoms with Gasteiger partial charge in [-0.05, 0) is 24.0 Å². The van der Waals surface area contributed by atoms with Crippen LogP contribution in [0.4, 0.5) is 0 Å². The van der Waals surface area contributed by atoms with E-state index in [1.165, 1.54) is 96.0 Å². The maximum Gasteiger partial charge on any atom is 2.00 e. The zero-order valence-electron chi connectivity index (χ0n) is 19.5. The van der Waals surface area contributed by atoms with Crippen molar-refractivity contribution in [2.45, 2.75) is 127 Å². The van der Waals surface area contributed by atoms with Crippen molar-refractivity contribution in [2.24, 2.45) is 0 Å². The molecule has 0 aliphatic heterocycles. The smallest absolute Gasteiger partial charge is 0.744 e. The fourth-order valence-electron chi connectivity index (χ4n) is 4.09. The molecule has 3 nitrogen and oxygen atoms in total. The van der Waals surface area contributed by atoms with Crippen LogP contribution in [0.3, 0.4) is 0 Å². The Morgan fingerprint density at radius 2 is 1.13 bits per heavy atom. The number of rotatable bonds is 18. The van der Waals surface area contributed by atoms with Gasteiger partial charge in [0.05, 0.1) is 4.90 Å². The Labute approximate surface area is 216 Å². The van der Waals surface area contributed by atoms with Crippen molar-refractivity contribution in [2.75, 3.05) is 0 Å². The predicted octanol–water partition coefficient (Wildman–Crippen LogP) is 7.57. The Morgan fingerprint density at radius 3 is 1.57 bits per heavy atom. The quantitative estimate of drug-likeness (QED) is 0.128. The van der Waals surface area contributed by atoms with E-state index in [4.69, 9.17) is 0 Å². The summed E-state index contributed by atoms with van der Waals surface area (Å²) in [6.07, 6.45) is 21.1. The second-order valence-electron chi connectivity index (χ2n) is 8.63. The van der Waals surface area contributed by atoms with Crippen molar-refractivity contribution < 1.29 is 13.0 Å². The summed E-state index contributed by atoms with van der Waals surface area (Å²) >= 11 is 0. The molecular weight excluding hydrogens is 420 g/mol. The molecule has 0 aliphatic rings. The van der Waals surface area contributed by atoms with Gasteiger partial charge < -0.3 is 4.55 Å². The van der Waals surface area contributed by atoms with Crippen molar-refractivity contribution in [1.29, 1.82) is 0 Å². The first-order valence-corrected chi connectivity index (χ1v) is 13.4. The molecule has 0 saturated heterocycles. The van der Waals surface area contributed by atoms with Gasteiger partial charge in [-0.3, -0.25) is 0 Å². The zero-order chi connectivity index (χ0) is 21.4. The molecule has 0 aromatic heterocycles. The van der Waals surface area contributed by atoms with Gasteiger partial charge in [0, 0.05) is 0 Å². The van der Waals surface area contributed by atoms with E-state index in [1.54, 1.807) is 12.1 Å². The Bertz CT molecular complexity index is 631. The van der Waals surface area contributed by atoms with E-state index < -0.39 is 10.1 Å². The van der Waals surface area contributed by atoms with Gasteiger partial charge in [-0.1, -0.05) is 128 Å². The third-order valence-corrected chi connectivity index (χ3v) is 6.87. The van der Waals surface area contributed by atoms with Gasteiger partial charge in [0.25, 0.3) is 0 Å². The Morgan fingerprint density at radius 1 is 0.733 bits per heavy atom. The van der Waals surface area contributed by atoms with Crippen LogP contribution >= 0.6 is 0 Å². The first kappa shape index (κ1) is 30.4. The maximum absolute atomic E-state index is 11.4. The number of benzene rings is 1.